The Balaban J connectivity index is 2.38. The van der Waals surface area contributed by atoms with Gasteiger partial charge in [-0.05, 0) is 24.3 Å². The molecule has 1 heterocycles. The van der Waals surface area contributed by atoms with E-state index in [1.54, 1.807) is 0 Å². The van der Waals surface area contributed by atoms with Crippen molar-refractivity contribution in [3.05, 3.63) is 52.0 Å². The van der Waals surface area contributed by atoms with Crippen molar-refractivity contribution in [3.63, 3.8) is 0 Å². The summed E-state index contributed by atoms with van der Waals surface area (Å²) >= 11 is 11.6. The van der Waals surface area contributed by atoms with Crippen LogP contribution in [-0.4, -0.2) is 9.55 Å². The number of aromatic nitrogens is 2. The summed E-state index contributed by atoms with van der Waals surface area (Å²) in [6.45, 7) is 0. The predicted molar refractivity (Wildman–Crippen MR) is 75.4 cm³/mol. The number of fused-ring (bicyclic) bond motifs is 1. The van der Waals surface area contributed by atoms with Crippen molar-refractivity contribution in [2.24, 2.45) is 0 Å². The number of imidazole rings is 1. The number of halogens is 4. The molecule has 1 aromatic heterocycles. The predicted octanol–water partition coefficient (Wildman–Crippen LogP) is 4.19. The molecular weight excluding hydrogens is 307 g/mol. The van der Waals surface area contributed by atoms with Gasteiger partial charge in [0.05, 0.1) is 21.7 Å². The lowest BCUT2D eigenvalue weighted by Gasteiger charge is -2.08. The molecule has 0 radical (unpaired) electrons. The Kier molecular flexibility index (Phi) is 3.03. The van der Waals surface area contributed by atoms with Crippen molar-refractivity contribution in [3.8, 4) is 5.69 Å². The molecule has 2 N–H and O–H groups in total. The van der Waals surface area contributed by atoms with Gasteiger partial charge in [0, 0.05) is 11.1 Å². The average Bonchev–Trinajstić information content (AvgIpc) is 2.69. The van der Waals surface area contributed by atoms with Crippen molar-refractivity contribution in [2.45, 2.75) is 0 Å². The third-order valence-electron chi connectivity index (χ3n) is 2.87. The van der Waals surface area contributed by atoms with E-state index in [0.717, 1.165) is 6.07 Å². The second kappa shape index (κ2) is 4.61. The molecular formula is C13H7Cl2F2N3. The molecule has 0 amide bonds. The highest BCUT2D eigenvalue weighted by Gasteiger charge is 2.16. The summed E-state index contributed by atoms with van der Waals surface area (Å²) in [6.07, 6.45) is 0. The number of anilines is 1. The number of nitrogens with two attached hydrogens (primary N) is 1. The molecule has 0 spiro atoms. The first-order chi connectivity index (χ1) is 9.47. The Hall–Kier alpha value is -1.85. The smallest absolute Gasteiger partial charge is 0.206 e. The lowest BCUT2D eigenvalue weighted by molar-refractivity contribution is 0.620. The van der Waals surface area contributed by atoms with Crippen LogP contribution in [-0.2, 0) is 0 Å². The van der Waals surface area contributed by atoms with E-state index < -0.39 is 11.6 Å². The maximum atomic E-state index is 14.0. The molecule has 2 aromatic carbocycles. The molecule has 0 atom stereocenters. The average molecular weight is 314 g/mol. The molecule has 3 nitrogen and oxygen atoms in total. The fourth-order valence-electron chi connectivity index (χ4n) is 2.00. The SMILES string of the molecule is Nc1nc2cc(F)c(Cl)cc2n1-c1cc(Cl)ccc1F. The third-order valence-corrected chi connectivity index (χ3v) is 3.40. The van der Waals surface area contributed by atoms with Crippen LogP contribution in [0.15, 0.2) is 30.3 Å². The summed E-state index contributed by atoms with van der Waals surface area (Å²) in [7, 11) is 0. The summed E-state index contributed by atoms with van der Waals surface area (Å²) in [6, 6.07) is 6.53. The van der Waals surface area contributed by atoms with E-state index in [1.165, 1.54) is 28.8 Å². The summed E-state index contributed by atoms with van der Waals surface area (Å²) < 4.78 is 28.7. The first kappa shape index (κ1) is 13.1. The van der Waals surface area contributed by atoms with Crippen molar-refractivity contribution >= 4 is 40.2 Å². The van der Waals surface area contributed by atoms with Gasteiger partial charge in [-0.2, -0.15) is 0 Å². The van der Waals surface area contributed by atoms with Crippen molar-refractivity contribution in [1.82, 2.24) is 9.55 Å². The lowest BCUT2D eigenvalue weighted by Crippen LogP contribution is -2.03. The Morgan fingerprint density at radius 2 is 1.80 bits per heavy atom. The van der Waals surface area contributed by atoms with E-state index >= 15 is 0 Å². The van der Waals surface area contributed by atoms with E-state index in [-0.39, 0.29) is 22.2 Å². The Morgan fingerprint density at radius 1 is 1.05 bits per heavy atom. The van der Waals surface area contributed by atoms with Crippen LogP contribution in [0.3, 0.4) is 0 Å². The minimum absolute atomic E-state index is 0.0165. The van der Waals surface area contributed by atoms with E-state index in [2.05, 4.69) is 4.98 Å². The van der Waals surface area contributed by atoms with Gasteiger partial charge in [-0.25, -0.2) is 13.8 Å². The molecule has 0 aliphatic rings. The molecule has 0 saturated carbocycles. The highest BCUT2D eigenvalue weighted by Crippen LogP contribution is 2.29. The van der Waals surface area contributed by atoms with E-state index in [0.29, 0.717) is 10.5 Å². The van der Waals surface area contributed by atoms with Gasteiger partial charge in [0.15, 0.2) is 0 Å². The van der Waals surface area contributed by atoms with E-state index in [1.807, 2.05) is 0 Å². The maximum Gasteiger partial charge on any atom is 0.206 e. The molecule has 20 heavy (non-hydrogen) atoms. The zero-order valence-electron chi connectivity index (χ0n) is 9.87. The summed E-state index contributed by atoms with van der Waals surface area (Å²) in [5.41, 5.74) is 6.59. The van der Waals surface area contributed by atoms with Crippen LogP contribution in [0.5, 0.6) is 0 Å². The second-order valence-corrected chi connectivity index (χ2v) is 5.00. The van der Waals surface area contributed by atoms with Crippen LogP contribution in [0, 0.1) is 11.6 Å². The number of nitrogens with zero attached hydrogens (tertiary/aromatic N) is 2. The standard InChI is InChI=1S/C13H7Cl2F2N3/c14-6-1-2-8(16)11(3-6)20-12-4-7(15)9(17)5-10(12)19-13(20)18/h1-5H,(H2,18,19). The molecule has 0 saturated heterocycles. The number of nitrogen functional groups attached to an aromatic ring is 1. The highest BCUT2D eigenvalue weighted by atomic mass is 35.5. The number of hydrogen-bond donors (Lipinski definition) is 1. The first-order valence-electron chi connectivity index (χ1n) is 5.56. The molecule has 102 valence electrons. The maximum absolute atomic E-state index is 14.0. The minimum atomic E-state index is -0.615. The normalized spacial score (nSPS) is 11.2. The fourth-order valence-corrected chi connectivity index (χ4v) is 2.33. The number of benzene rings is 2. The van der Waals surface area contributed by atoms with Crippen molar-refractivity contribution in [2.75, 3.05) is 5.73 Å². The second-order valence-electron chi connectivity index (χ2n) is 4.16. The first-order valence-corrected chi connectivity index (χ1v) is 6.31. The van der Waals surface area contributed by atoms with Gasteiger partial charge in [0.2, 0.25) is 5.95 Å². The lowest BCUT2D eigenvalue weighted by atomic mass is 10.2. The van der Waals surface area contributed by atoms with Crippen LogP contribution >= 0.6 is 23.2 Å². The topological polar surface area (TPSA) is 43.8 Å². The van der Waals surface area contributed by atoms with Crippen LogP contribution in [0.4, 0.5) is 14.7 Å². The number of rotatable bonds is 1. The Morgan fingerprint density at radius 3 is 2.55 bits per heavy atom. The zero-order valence-corrected chi connectivity index (χ0v) is 11.4. The van der Waals surface area contributed by atoms with Crippen molar-refractivity contribution < 1.29 is 8.78 Å². The largest absolute Gasteiger partial charge is 0.369 e. The monoisotopic (exact) mass is 313 g/mol. The van der Waals surface area contributed by atoms with Gasteiger partial charge in [-0.1, -0.05) is 23.2 Å². The Bertz CT molecular complexity index is 830. The molecule has 0 aliphatic carbocycles. The van der Waals surface area contributed by atoms with Crippen LogP contribution < -0.4 is 5.73 Å². The van der Waals surface area contributed by atoms with Crippen LogP contribution in [0.2, 0.25) is 10.0 Å². The highest BCUT2D eigenvalue weighted by molar-refractivity contribution is 6.31. The minimum Gasteiger partial charge on any atom is -0.369 e. The number of hydrogen-bond acceptors (Lipinski definition) is 2. The summed E-state index contributed by atoms with van der Waals surface area (Å²) in [5.74, 6) is -1.13. The van der Waals surface area contributed by atoms with E-state index in [9.17, 15) is 8.78 Å². The molecule has 3 rings (SSSR count). The fraction of sp³-hybridized carbons (Fsp3) is 0. The third kappa shape index (κ3) is 1.99. The quantitative estimate of drug-likeness (QED) is 0.732. The van der Waals surface area contributed by atoms with Gasteiger partial charge in [-0.3, -0.25) is 4.57 Å². The van der Waals surface area contributed by atoms with Crippen LogP contribution in [0.25, 0.3) is 16.7 Å². The molecule has 0 bridgehead atoms. The van der Waals surface area contributed by atoms with Gasteiger partial charge in [0.1, 0.15) is 11.6 Å². The van der Waals surface area contributed by atoms with Gasteiger partial charge >= 0.3 is 0 Å². The molecule has 0 unspecified atom stereocenters. The molecule has 7 heteroatoms. The van der Waals surface area contributed by atoms with Crippen LogP contribution in [0.1, 0.15) is 0 Å². The van der Waals surface area contributed by atoms with E-state index in [4.69, 9.17) is 28.9 Å². The van der Waals surface area contributed by atoms with Gasteiger partial charge in [-0.15, -0.1) is 0 Å². The zero-order chi connectivity index (χ0) is 14.4. The van der Waals surface area contributed by atoms with Crippen molar-refractivity contribution in [1.29, 1.82) is 0 Å². The summed E-state index contributed by atoms with van der Waals surface area (Å²) in [5, 5.41) is 0.247. The molecule has 0 aliphatic heterocycles. The molecule has 0 fully saturated rings. The summed E-state index contributed by atoms with van der Waals surface area (Å²) in [4.78, 5) is 3.99. The molecule has 3 aromatic rings. The van der Waals surface area contributed by atoms with Gasteiger partial charge < -0.3 is 5.73 Å². The van der Waals surface area contributed by atoms with Gasteiger partial charge in [0.25, 0.3) is 0 Å². The Labute approximate surface area is 122 Å².